The van der Waals surface area contributed by atoms with Gasteiger partial charge in [-0.25, -0.2) is 5.43 Å². The lowest BCUT2D eigenvalue weighted by molar-refractivity contribution is -0.398. The topological polar surface area (TPSA) is 120 Å². The predicted molar refractivity (Wildman–Crippen MR) is 102 cm³/mol. The fraction of sp³-hybridized carbons (Fsp3) is 0.263. The van der Waals surface area contributed by atoms with Gasteiger partial charge < -0.3 is 14.7 Å². The molecule has 0 radical (unpaired) electrons. The van der Waals surface area contributed by atoms with Crippen LogP contribution in [0.5, 0.6) is 11.5 Å². The van der Waals surface area contributed by atoms with Crippen molar-refractivity contribution in [2.24, 2.45) is 5.10 Å². The first-order valence-corrected chi connectivity index (χ1v) is 8.71. The van der Waals surface area contributed by atoms with Crippen LogP contribution in [-0.4, -0.2) is 37.2 Å². The number of hydrazone groups is 1. The summed E-state index contributed by atoms with van der Waals surface area (Å²) in [5, 5.41) is 26.6. The Bertz CT molecular complexity index is 905. The number of hydrogen-bond donors (Lipinski definition) is 1. The number of nitro groups is 1. The van der Waals surface area contributed by atoms with Crippen molar-refractivity contribution in [2.75, 3.05) is 25.1 Å². The zero-order chi connectivity index (χ0) is 20.1. The zero-order valence-electron chi connectivity index (χ0n) is 15.3. The first-order chi connectivity index (χ1) is 13.5. The summed E-state index contributed by atoms with van der Waals surface area (Å²) in [5.74, 6) is -1.39. The van der Waals surface area contributed by atoms with E-state index in [4.69, 9.17) is 4.74 Å². The molecule has 1 fully saturated rings. The molecule has 9 nitrogen and oxygen atoms in total. The lowest BCUT2D eigenvalue weighted by Gasteiger charge is -2.17. The van der Waals surface area contributed by atoms with E-state index in [9.17, 15) is 20.0 Å². The Hall–Kier alpha value is -3.62. The summed E-state index contributed by atoms with van der Waals surface area (Å²) in [5.41, 5.74) is 3.52. The normalized spacial score (nSPS) is 13.7. The second kappa shape index (κ2) is 8.38. The minimum Gasteiger partial charge on any atom is -0.865 e. The average molecular weight is 383 g/mol. The molecule has 0 atom stereocenters. The Morgan fingerprint density at radius 2 is 1.93 bits per heavy atom. The Labute approximate surface area is 161 Å². The summed E-state index contributed by atoms with van der Waals surface area (Å²) in [6.07, 6.45) is 3.56. The Morgan fingerprint density at radius 3 is 2.54 bits per heavy atom. The number of nitro benzene ring substituents is 1. The van der Waals surface area contributed by atoms with E-state index in [1.165, 1.54) is 32.2 Å². The van der Waals surface area contributed by atoms with Crippen LogP contribution < -0.4 is 20.2 Å². The first-order valence-electron chi connectivity index (χ1n) is 8.71. The predicted octanol–water partition coefficient (Wildman–Crippen LogP) is 2.04. The summed E-state index contributed by atoms with van der Waals surface area (Å²) in [6.45, 7) is 2.04. The third-order valence-electron chi connectivity index (χ3n) is 4.45. The second-order valence-electron chi connectivity index (χ2n) is 6.27. The number of anilines is 1. The van der Waals surface area contributed by atoms with Crippen molar-refractivity contribution in [3.05, 3.63) is 57.6 Å². The van der Waals surface area contributed by atoms with Gasteiger partial charge in [-0.1, -0.05) is 0 Å². The van der Waals surface area contributed by atoms with Crippen molar-refractivity contribution in [3.63, 3.8) is 0 Å². The van der Waals surface area contributed by atoms with Gasteiger partial charge in [0.25, 0.3) is 11.6 Å². The van der Waals surface area contributed by atoms with E-state index < -0.39 is 22.3 Å². The van der Waals surface area contributed by atoms with Crippen LogP contribution in [0, 0.1) is 10.1 Å². The third-order valence-corrected chi connectivity index (χ3v) is 4.45. The first kappa shape index (κ1) is 19.2. The molecule has 1 heterocycles. The molecular weight excluding hydrogens is 364 g/mol. The lowest BCUT2D eigenvalue weighted by Crippen LogP contribution is -2.19. The molecule has 2 aromatic carbocycles. The van der Waals surface area contributed by atoms with Crippen molar-refractivity contribution in [1.82, 2.24) is 5.43 Å². The molecule has 28 heavy (non-hydrogen) atoms. The number of rotatable bonds is 6. The summed E-state index contributed by atoms with van der Waals surface area (Å²) < 4.78 is 4.86. The van der Waals surface area contributed by atoms with Crippen molar-refractivity contribution in [3.8, 4) is 11.5 Å². The molecule has 0 aromatic heterocycles. The molecule has 0 unspecified atom stereocenters. The number of nitrogens with zero attached hydrogens (tertiary/aromatic N) is 3. The van der Waals surface area contributed by atoms with Gasteiger partial charge in [0.1, 0.15) is 5.75 Å². The van der Waals surface area contributed by atoms with E-state index in [2.05, 4.69) is 15.4 Å². The van der Waals surface area contributed by atoms with E-state index in [-0.39, 0.29) is 11.3 Å². The Morgan fingerprint density at radius 1 is 1.25 bits per heavy atom. The monoisotopic (exact) mass is 383 g/mol. The number of ether oxygens (including phenoxy) is 1. The fourth-order valence-electron chi connectivity index (χ4n) is 3.00. The van der Waals surface area contributed by atoms with Gasteiger partial charge in [-0.2, -0.15) is 5.10 Å². The zero-order valence-corrected chi connectivity index (χ0v) is 15.3. The second-order valence-corrected chi connectivity index (χ2v) is 6.27. The van der Waals surface area contributed by atoms with E-state index in [0.717, 1.165) is 24.8 Å². The quantitative estimate of drug-likeness (QED) is 0.463. The molecule has 1 aliphatic rings. The van der Waals surface area contributed by atoms with E-state index in [1.807, 2.05) is 12.1 Å². The van der Waals surface area contributed by atoms with Gasteiger partial charge in [-0.05, 0) is 43.2 Å². The summed E-state index contributed by atoms with van der Waals surface area (Å²) in [6, 6.07) is 9.62. The molecule has 1 aliphatic heterocycles. The van der Waals surface area contributed by atoms with Gasteiger partial charge in [0, 0.05) is 41.7 Å². The molecule has 3 rings (SSSR count). The van der Waals surface area contributed by atoms with Crippen molar-refractivity contribution in [2.45, 2.75) is 12.8 Å². The van der Waals surface area contributed by atoms with E-state index in [0.29, 0.717) is 5.56 Å². The van der Waals surface area contributed by atoms with Crippen LogP contribution >= 0.6 is 0 Å². The van der Waals surface area contributed by atoms with Crippen LogP contribution in [0.2, 0.25) is 0 Å². The highest BCUT2D eigenvalue weighted by Crippen LogP contribution is 2.33. The lowest BCUT2D eigenvalue weighted by atomic mass is 10.2. The smallest absolute Gasteiger partial charge is 0.271 e. The average Bonchev–Trinajstić information content (AvgIpc) is 3.23. The van der Waals surface area contributed by atoms with Crippen LogP contribution in [0.15, 0.2) is 41.5 Å². The minimum atomic E-state index is -0.813. The number of amides is 1. The maximum Gasteiger partial charge on any atom is 0.271 e. The maximum absolute atomic E-state index is 12.2. The van der Waals surface area contributed by atoms with Crippen LogP contribution in [0.25, 0.3) is 0 Å². The number of nitrogens with one attached hydrogen (secondary N) is 1. The largest absolute Gasteiger partial charge is 0.865 e. The molecule has 0 spiro atoms. The van der Waals surface area contributed by atoms with Crippen LogP contribution in [-0.2, 0) is 0 Å². The molecule has 0 aliphatic carbocycles. The summed E-state index contributed by atoms with van der Waals surface area (Å²) >= 11 is 0. The Balaban J connectivity index is 1.67. The maximum atomic E-state index is 12.2. The van der Waals surface area contributed by atoms with Crippen molar-refractivity contribution >= 4 is 23.5 Å². The number of carbonyl (C=O) groups is 1. The van der Waals surface area contributed by atoms with Gasteiger partial charge in [-0.3, -0.25) is 14.9 Å². The van der Waals surface area contributed by atoms with Gasteiger partial charge in [-0.15, -0.1) is 0 Å². The number of carbonyl (C=O) groups excluding carboxylic acids is 1. The van der Waals surface area contributed by atoms with Crippen molar-refractivity contribution in [1.29, 1.82) is 0 Å². The molecule has 1 N–H and O–H groups in total. The van der Waals surface area contributed by atoms with Crippen molar-refractivity contribution < 1.29 is 19.6 Å². The molecule has 146 valence electrons. The van der Waals surface area contributed by atoms with E-state index in [1.54, 1.807) is 12.1 Å². The highest BCUT2D eigenvalue weighted by molar-refractivity contribution is 5.95. The molecular formula is C19H19N4O5-. The minimum absolute atomic E-state index is 0.167. The van der Waals surface area contributed by atoms with Crippen LogP contribution in [0.4, 0.5) is 11.4 Å². The van der Waals surface area contributed by atoms with E-state index >= 15 is 0 Å². The van der Waals surface area contributed by atoms with Gasteiger partial charge in [0.2, 0.25) is 0 Å². The summed E-state index contributed by atoms with van der Waals surface area (Å²) in [7, 11) is 1.25. The Kier molecular flexibility index (Phi) is 5.73. The number of benzene rings is 2. The third kappa shape index (κ3) is 4.20. The fourth-order valence-corrected chi connectivity index (χ4v) is 3.00. The highest BCUT2D eigenvalue weighted by atomic mass is 16.6. The van der Waals surface area contributed by atoms with Gasteiger partial charge in [0.15, 0.2) is 0 Å². The number of methoxy groups -OCH3 is 1. The SMILES string of the molecule is COc1cc(/C=N\NC(=O)c2ccc(N3CCCC3)cc2)cc([N+](=O)[O-])c1[O-]. The highest BCUT2D eigenvalue weighted by Gasteiger charge is 2.14. The molecule has 0 saturated carbocycles. The van der Waals surface area contributed by atoms with Crippen LogP contribution in [0.3, 0.4) is 0 Å². The molecule has 2 aromatic rings. The van der Waals surface area contributed by atoms with Crippen LogP contribution in [0.1, 0.15) is 28.8 Å². The molecule has 0 bridgehead atoms. The van der Waals surface area contributed by atoms with Gasteiger partial charge >= 0.3 is 0 Å². The molecule has 1 saturated heterocycles. The molecule has 1 amide bonds. The summed E-state index contributed by atoms with van der Waals surface area (Å²) in [4.78, 5) is 24.6. The van der Waals surface area contributed by atoms with Gasteiger partial charge in [0.05, 0.1) is 18.2 Å². The standard InChI is InChI=1S/C19H20N4O5/c1-28-17-11-13(10-16(18(17)24)23(26)27)12-20-21-19(25)14-4-6-15(7-5-14)22-8-2-3-9-22/h4-7,10-12,24H,2-3,8-9H2,1H3,(H,21,25)/p-1/b20-12-. The molecule has 9 heteroatoms. The number of hydrogen-bond acceptors (Lipinski definition) is 7.